The Labute approximate surface area is 153 Å². The topological polar surface area (TPSA) is 20.3 Å². The van der Waals surface area contributed by atoms with Crippen molar-refractivity contribution in [3.05, 3.63) is 66.2 Å². The summed E-state index contributed by atoms with van der Waals surface area (Å²) >= 11 is 3.74. The molecule has 1 amide bonds. The van der Waals surface area contributed by atoms with E-state index in [2.05, 4.69) is 47.4 Å². The molecule has 0 saturated carbocycles. The van der Waals surface area contributed by atoms with E-state index in [0.717, 1.165) is 31.0 Å². The molecule has 2 nitrogen and oxygen atoms in total. The van der Waals surface area contributed by atoms with Gasteiger partial charge in [-0.3, -0.25) is 4.79 Å². The minimum Gasteiger partial charge on any atom is -0.342 e. The third kappa shape index (κ3) is 5.05. The molecule has 0 spiro atoms. The Morgan fingerprint density at radius 2 is 1.75 bits per heavy atom. The quantitative estimate of drug-likeness (QED) is 0.712. The van der Waals surface area contributed by atoms with Crippen LogP contribution in [0.15, 0.2) is 65.6 Å². The zero-order valence-corrected chi connectivity index (χ0v) is 15.4. The molecule has 1 unspecified atom stereocenters. The Morgan fingerprint density at radius 1 is 1.04 bits per heavy atom. The van der Waals surface area contributed by atoms with E-state index < -0.39 is 0 Å². The van der Waals surface area contributed by atoms with Crippen LogP contribution >= 0.6 is 23.5 Å². The lowest BCUT2D eigenvalue weighted by Gasteiger charge is -2.20. The molecule has 2 aromatic carbocycles. The summed E-state index contributed by atoms with van der Waals surface area (Å²) in [5.41, 5.74) is 1.39. The number of benzene rings is 2. The Hall–Kier alpha value is -1.39. The fourth-order valence-electron chi connectivity index (χ4n) is 2.88. The summed E-state index contributed by atoms with van der Waals surface area (Å²) in [6, 6.07) is 21.0. The number of hydrogen-bond donors (Lipinski definition) is 0. The van der Waals surface area contributed by atoms with E-state index in [1.54, 1.807) is 11.8 Å². The first kappa shape index (κ1) is 17.4. The maximum Gasteiger partial charge on any atom is 0.223 e. The average Bonchev–Trinajstić information content (AvgIpc) is 2.89. The molecule has 1 aliphatic rings. The van der Waals surface area contributed by atoms with Crippen LogP contribution in [-0.2, 0) is 4.79 Å². The standard InChI is InChI=1S/C20H23NOS2/c22-20(12-15-23-18-9-5-2-6-10-18)21-13-11-19(24-16-14-21)17-7-3-1-4-8-17/h1-10,19H,11-16H2. The minimum absolute atomic E-state index is 0.299. The molecule has 24 heavy (non-hydrogen) atoms. The van der Waals surface area contributed by atoms with Crippen LogP contribution in [0.2, 0.25) is 0 Å². The van der Waals surface area contributed by atoms with Crippen molar-refractivity contribution in [2.24, 2.45) is 0 Å². The summed E-state index contributed by atoms with van der Waals surface area (Å²) in [5.74, 6) is 2.18. The van der Waals surface area contributed by atoms with Gasteiger partial charge in [0.05, 0.1) is 0 Å². The highest BCUT2D eigenvalue weighted by Gasteiger charge is 2.21. The lowest BCUT2D eigenvalue weighted by atomic mass is 10.1. The smallest absolute Gasteiger partial charge is 0.223 e. The van der Waals surface area contributed by atoms with Gasteiger partial charge in [0.1, 0.15) is 0 Å². The predicted molar refractivity (Wildman–Crippen MR) is 105 cm³/mol. The molecular formula is C20H23NOS2. The van der Waals surface area contributed by atoms with Crippen molar-refractivity contribution >= 4 is 29.4 Å². The molecule has 1 saturated heterocycles. The lowest BCUT2D eigenvalue weighted by molar-refractivity contribution is -0.130. The fraction of sp³-hybridized carbons (Fsp3) is 0.350. The number of carbonyl (C=O) groups is 1. The first-order valence-electron chi connectivity index (χ1n) is 8.45. The number of carbonyl (C=O) groups excluding carboxylic acids is 1. The summed E-state index contributed by atoms with van der Waals surface area (Å²) in [4.78, 5) is 15.8. The fourth-order valence-corrected chi connectivity index (χ4v) is 4.98. The summed E-state index contributed by atoms with van der Waals surface area (Å²) < 4.78 is 0. The molecule has 3 rings (SSSR count). The first-order chi connectivity index (χ1) is 11.8. The highest BCUT2D eigenvalue weighted by atomic mass is 32.2. The maximum absolute atomic E-state index is 12.5. The Morgan fingerprint density at radius 3 is 2.50 bits per heavy atom. The van der Waals surface area contributed by atoms with E-state index in [4.69, 9.17) is 0 Å². The number of amides is 1. The Kier molecular flexibility index (Phi) is 6.67. The SMILES string of the molecule is O=C(CCSc1ccccc1)N1CCSC(c2ccccc2)CC1. The van der Waals surface area contributed by atoms with E-state index >= 15 is 0 Å². The highest BCUT2D eigenvalue weighted by molar-refractivity contribution is 7.99. The normalized spacial score (nSPS) is 18.2. The van der Waals surface area contributed by atoms with Crippen LogP contribution in [0.4, 0.5) is 0 Å². The Balaban J connectivity index is 1.46. The molecule has 126 valence electrons. The third-order valence-electron chi connectivity index (χ3n) is 4.19. The van der Waals surface area contributed by atoms with E-state index in [0.29, 0.717) is 17.6 Å². The van der Waals surface area contributed by atoms with Gasteiger partial charge < -0.3 is 4.90 Å². The molecule has 1 aliphatic heterocycles. The van der Waals surface area contributed by atoms with Gasteiger partial charge in [-0.1, -0.05) is 48.5 Å². The molecule has 0 aromatic heterocycles. The number of thioether (sulfide) groups is 2. The monoisotopic (exact) mass is 357 g/mol. The van der Waals surface area contributed by atoms with Crippen LogP contribution in [0.5, 0.6) is 0 Å². The largest absolute Gasteiger partial charge is 0.342 e. The number of hydrogen-bond acceptors (Lipinski definition) is 3. The van der Waals surface area contributed by atoms with Crippen molar-refractivity contribution in [2.45, 2.75) is 23.0 Å². The van der Waals surface area contributed by atoms with Crippen LogP contribution < -0.4 is 0 Å². The first-order valence-corrected chi connectivity index (χ1v) is 10.5. The molecule has 1 fully saturated rings. The molecule has 0 aliphatic carbocycles. The summed E-state index contributed by atoms with van der Waals surface area (Å²) in [6.07, 6.45) is 1.67. The van der Waals surface area contributed by atoms with Crippen LogP contribution in [0.3, 0.4) is 0 Å². The molecule has 0 radical (unpaired) electrons. The van der Waals surface area contributed by atoms with Gasteiger partial charge in [-0.15, -0.1) is 11.8 Å². The zero-order valence-electron chi connectivity index (χ0n) is 13.8. The molecular weight excluding hydrogens is 334 g/mol. The van der Waals surface area contributed by atoms with Gasteiger partial charge in [-0.05, 0) is 24.1 Å². The van der Waals surface area contributed by atoms with Crippen molar-refractivity contribution in [3.8, 4) is 0 Å². The van der Waals surface area contributed by atoms with Gasteiger partial charge in [0.2, 0.25) is 5.91 Å². The van der Waals surface area contributed by atoms with Crippen molar-refractivity contribution < 1.29 is 4.79 Å². The average molecular weight is 358 g/mol. The van der Waals surface area contributed by atoms with Crippen molar-refractivity contribution in [2.75, 3.05) is 24.6 Å². The molecule has 1 atom stereocenters. The van der Waals surface area contributed by atoms with E-state index in [1.165, 1.54) is 10.5 Å². The van der Waals surface area contributed by atoms with Crippen molar-refractivity contribution in [1.82, 2.24) is 4.90 Å². The second kappa shape index (κ2) is 9.19. The minimum atomic E-state index is 0.299. The van der Waals surface area contributed by atoms with E-state index in [9.17, 15) is 4.79 Å². The predicted octanol–water partition coefficient (Wildman–Crippen LogP) is 4.88. The molecule has 1 heterocycles. The highest BCUT2D eigenvalue weighted by Crippen LogP contribution is 2.34. The number of nitrogens with zero attached hydrogens (tertiary/aromatic N) is 1. The van der Waals surface area contributed by atoms with Gasteiger partial charge >= 0.3 is 0 Å². The second-order valence-electron chi connectivity index (χ2n) is 5.85. The molecule has 2 aromatic rings. The molecule has 4 heteroatoms. The van der Waals surface area contributed by atoms with Crippen molar-refractivity contribution in [3.63, 3.8) is 0 Å². The second-order valence-corrected chi connectivity index (χ2v) is 8.33. The van der Waals surface area contributed by atoms with E-state index in [1.807, 2.05) is 30.0 Å². The molecule has 0 N–H and O–H groups in total. The van der Waals surface area contributed by atoms with Crippen LogP contribution in [0.25, 0.3) is 0 Å². The molecule has 0 bridgehead atoms. The van der Waals surface area contributed by atoms with Gasteiger partial charge in [-0.25, -0.2) is 0 Å². The van der Waals surface area contributed by atoms with Crippen LogP contribution in [0.1, 0.15) is 23.7 Å². The maximum atomic E-state index is 12.5. The zero-order chi connectivity index (χ0) is 16.6. The van der Waals surface area contributed by atoms with Crippen LogP contribution in [-0.4, -0.2) is 35.4 Å². The summed E-state index contributed by atoms with van der Waals surface area (Å²) in [5, 5.41) is 0.516. The van der Waals surface area contributed by atoms with Crippen LogP contribution in [0, 0.1) is 0 Å². The van der Waals surface area contributed by atoms with E-state index in [-0.39, 0.29) is 0 Å². The van der Waals surface area contributed by atoms with Crippen molar-refractivity contribution in [1.29, 1.82) is 0 Å². The number of rotatable bonds is 5. The van der Waals surface area contributed by atoms with Gasteiger partial charge in [0.25, 0.3) is 0 Å². The van der Waals surface area contributed by atoms with Gasteiger partial charge in [0, 0.05) is 41.2 Å². The Bertz CT molecular complexity index is 633. The summed E-state index contributed by atoms with van der Waals surface area (Å²) in [7, 11) is 0. The van der Waals surface area contributed by atoms with Gasteiger partial charge in [0.15, 0.2) is 0 Å². The third-order valence-corrected chi connectivity index (χ3v) is 6.54. The van der Waals surface area contributed by atoms with Gasteiger partial charge in [-0.2, -0.15) is 11.8 Å². The summed E-state index contributed by atoms with van der Waals surface area (Å²) in [6.45, 7) is 1.75. The lowest BCUT2D eigenvalue weighted by Crippen LogP contribution is -2.33.